The largest absolute Gasteiger partial charge is 0.619 e. The summed E-state index contributed by atoms with van der Waals surface area (Å²) in [4.78, 5) is 16.1. The van der Waals surface area contributed by atoms with Gasteiger partial charge in [0.1, 0.15) is 12.8 Å². The molecule has 0 atom stereocenters. The van der Waals surface area contributed by atoms with E-state index in [0.717, 1.165) is 5.01 Å². The van der Waals surface area contributed by atoms with E-state index >= 15 is 0 Å². The first kappa shape index (κ1) is 13.5. The van der Waals surface area contributed by atoms with E-state index in [1.165, 1.54) is 31.9 Å². The van der Waals surface area contributed by atoms with Gasteiger partial charge in [0.05, 0.1) is 24.5 Å². The van der Waals surface area contributed by atoms with Crippen LogP contribution in [0.15, 0.2) is 39.9 Å². The van der Waals surface area contributed by atoms with Crippen molar-refractivity contribution in [3.05, 3.63) is 35.3 Å². The molecule has 0 fully saturated rings. The lowest BCUT2D eigenvalue weighted by atomic mass is 10.3. The van der Waals surface area contributed by atoms with E-state index in [2.05, 4.69) is 25.6 Å². The zero-order valence-electron chi connectivity index (χ0n) is 10.6. The maximum absolute atomic E-state index is 11.6. The molecular formula is C11H12N6O3. The van der Waals surface area contributed by atoms with Crippen molar-refractivity contribution in [3.63, 3.8) is 0 Å². The lowest BCUT2D eigenvalue weighted by Gasteiger charge is -2.20. The molecule has 1 N–H and O–H groups in total. The minimum Gasteiger partial charge on any atom is -0.619 e. The molecule has 9 heteroatoms. The third-order valence-electron chi connectivity index (χ3n) is 2.29. The van der Waals surface area contributed by atoms with Crippen molar-refractivity contribution >= 4 is 24.2 Å². The highest BCUT2D eigenvalue weighted by Gasteiger charge is 2.19. The summed E-state index contributed by atoms with van der Waals surface area (Å²) in [6.07, 6.45) is 5.48. The van der Waals surface area contributed by atoms with Gasteiger partial charge in [0, 0.05) is 6.07 Å². The van der Waals surface area contributed by atoms with Crippen molar-refractivity contribution in [2.24, 2.45) is 15.4 Å². The van der Waals surface area contributed by atoms with Crippen LogP contribution in [0.5, 0.6) is 0 Å². The minimum atomic E-state index is -0.471. The molecule has 104 valence electrons. The molecule has 2 rings (SSSR count). The van der Waals surface area contributed by atoms with Crippen LogP contribution in [-0.2, 0) is 4.84 Å². The van der Waals surface area contributed by atoms with Crippen LogP contribution in [0, 0.1) is 5.21 Å². The number of amides is 2. The Morgan fingerprint density at radius 2 is 2.45 bits per heavy atom. The Hall–Kier alpha value is -2.97. The van der Waals surface area contributed by atoms with Gasteiger partial charge in [0.15, 0.2) is 12.4 Å². The molecule has 1 aliphatic heterocycles. The predicted molar refractivity (Wildman–Crippen MR) is 71.2 cm³/mol. The van der Waals surface area contributed by atoms with Crippen molar-refractivity contribution in [1.29, 1.82) is 0 Å². The van der Waals surface area contributed by atoms with Crippen LogP contribution in [0.25, 0.3) is 0 Å². The molecule has 1 aliphatic rings. The van der Waals surface area contributed by atoms with E-state index in [-0.39, 0.29) is 6.54 Å². The number of hydrogen-bond donors (Lipinski definition) is 1. The summed E-state index contributed by atoms with van der Waals surface area (Å²) in [5, 5.41) is 23.6. The second kappa shape index (κ2) is 6.27. The number of oxime groups is 1. The zero-order valence-corrected chi connectivity index (χ0v) is 10.6. The van der Waals surface area contributed by atoms with Crippen LogP contribution in [-0.4, -0.2) is 42.8 Å². The number of aromatic nitrogens is 1. The fourth-order valence-electron chi connectivity index (χ4n) is 1.40. The Labute approximate surface area is 114 Å². The van der Waals surface area contributed by atoms with E-state index in [0.29, 0.717) is 16.0 Å². The van der Waals surface area contributed by atoms with Crippen LogP contribution < -0.4 is 10.2 Å². The summed E-state index contributed by atoms with van der Waals surface area (Å²) in [6.45, 7) is 0.152. The second-order valence-electron chi connectivity index (χ2n) is 3.74. The van der Waals surface area contributed by atoms with E-state index in [4.69, 9.17) is 0 Å². The smallest absolute Gasteiger partial charge is 0.358 e. The Bertz CT molecular complexity index is 583. The van der Waals surface area contributed by atoms with Gasteiger partial charge in [0.2, 0.25) is 0 Å². The number of rotatable bonds is 4. The summed E-state index contributed by atoms with van der Waals surface area (Å²) in [5.74, 6) is 0. The van der Waals surface area contributed by atoms with Crippen molar-refractivity contribution in [2.45, 2.75) is 0 Å². The molecule has 0 radical (unpaired) electrons. The first-order valence-corrected chi connectivity index (χ1v) is 5.62. The third kappa shape index (κ3) is 3.51. The van der Waals surface area contributed by atoms with E-state index < -0.39 is 6.03 Å². The molecule has 20 heavy (non-hydrogen) atoms. The van der Waals surface area contributed by atoms with Crippen LogP contribution >= 0.6 is 0 Å². The van der Waals surface area contributed by atoms with Crippen LogP contribution in [0.4, 0.5) is 4.79 Å². The highest BCUT2D eigenvalue weighted by molar-refractivity contribution is 6.32. The molecule has 0 spiro atoms. The highest BCUT2D eigenvalue weighted by Crippen LogP contribution is 1.99. The zero-order chi connectivity index (χ0) is 14.4. The van der Waals surface area contributed by atoms with Gasteiger partial charge < -0.3 is 10.0 Å². The summed E-state index contributed by atoms with van der Waals surface area (Å²) in [6, 6.07) is 2.81. The van der Waals surface area contributed by atoms with E-state index in [9.17, 15) is 10.0 Å². The van der Waals surface area contributed by atoms with Gasteiger partial charge in [-0.05, 0) is 6.07 Å². The molecule has 1 aromatic heterocycles. The number of nitrogens with one attached hydrogen (secondary N) is 1. The maximum atomic E-state index is 11.6. The van der Waals surface area contributed by atoms with E-state index in [1.54, 1.807) is 12.1 Å². The van der Waals surface area contributed by atoms with Crippen molar-refractivity contribution < 1.29 is 14.4 Å². The molecule has 1 aromatic rings. The first-order chi connectivity index (χ1) is 9.69. The topological polar surface area (TPSA) is 106 Å². The Kier molecular flexibility index (Phi) is 4.22. The molecule has 0 aliphatic carbocycles. The second-order valence-corrected chi connectivity index (χ2v) is 3.74. The molecule has 0 saturated heterocycles. The number of urea groups is 1. The SMILES string of the molecule is CON=CC1=NNC(=O)N(N=Cc2ccc[n+]([O-])c2)C1. The number of nitrogens with zero attached hydrogens (tertiary/aromatic N) is 5. The van der Waals surface area contributed by atoms with Gasteiger partial charge in [-0.1, -0.05) is 5.16 Å². The number of carbonyl (C=O) groups excluding carboxylic acids is 1. The Balaban J connectivity index is 2.07. The monoisotopic (exact) mass is 276 g/mol. The average Bonchev–Trinajstić information content (AvgIpc) is 2.45. The standard InChI is InChI=1S/C11H12N6O3/c1-20-13-6-10-8-17(11(18)15-14-10)12-5-9-3-2-4-16(19)7-9/h2-7H,8H2,1H3,(H,15,18). The van der Waals surface area contributed by atoms with Gasteiger partial charge in [-0.25, -0.2) is 15.2 Å². The summed E-state index contributed by atoms with van der Waals surface area (Å²) in [5.41, 5.74) is 3.34. The summed E-state index contributed by atoms with van der Waals surface area (Å²) >= 11 is 0. The molecule has 0 bridgehead atoms. The Morgan fingerprint density at radius 1 is 1.60 bits per heavy atom. The van der Waals surface area contributed by atoms with Gasteiger partial charge in [-0.15, -0.1) is 0 Å². The van der Waals surface area contributed by atoms with Crippen molar-refractivity contribution in [2.75, 3.05) is 13.7 Å². The first-order valence-electron chi connectivity index (χ1n) is 5.62. The third-order valence-corrected chi connectivity index (χ3v) is 2.29. The molecule has 0 unspecified atom stereocenters. The van der Waals surface area contributed by atoms with Gasteiger partial charge in [-0.2, -0.15) is 14.9 Å². The number of pyridine rings is 1. The highest BCUT2D eigenvalue weighted by atomic mass is 16.6. The molecule has 2 heterocycles. The minimum absolute atomic E-state index is 0.152. The molecule has 0 saturated carbocycles. The quantitative estimate of drug-likeness (QED) is 0.352. The molecule has 0 aromatic carbocycles. The summed E-state index contributed by atoms with van der Waals surface area (Å²) < 4.78 is 0.649. The lowest BCUT2D eigenvalue weighted by Crippen LogP contribution is -2.43. The van der Waals surface area contributed by atoms with Crippen molar-refractivity contribution in [1.82, 2.24) is 10.4 Å². The lowest BCUT2D eigenvalue weighted by molar-refractivity contribution is -0.605. The summed E-state index contributed by atoms with van der Waals surface area (Å²) in [7, 11) is 1.40. The molecule has 9 nitrogen and oxygen atoms in total. The van der Waals surface area contributed by atoms with E-state index in [1.807, 2.05) is 0 Å². The normalized spacial score (nSPS) is 15.6. The number of carbonyl (C=O) groups is 1. The maximum Gasteiger partial charge on any atom is 0.358 e. The van der Waals surface area contributed by atoms with Crippen molar-refractivity contribution in [3.8, 4) is 0 Å². The van der Waals surface area contributed by atoms with Crippen LogP contribution in [0.1, 0.15) is 5.56 Å². The number of hydrazone groups is 2. The fourth-order valence-corrected chi connectivity index (χ4v) is 1.40. The van der Waals surface area contributed by atoms with Gasteiger partial charge >= 0.3 is 6.03 Å². The average molecular weight is 276 g/mol. The molecule has 2 amide bonds. The van der Waals surface area contributed by atoms with Gasteiger partial charge in [-0.3, -0.25) is 0 Å². The number of hydrogen-bond acceptors (Lipinski definition) is 6. The fraction of sp³-hybridized carbons (Fsp3) is 0.182. The van der Waals surface area contributed by atoms with Crippen LogP contribution in [0.3, 0.4) is 0 Å². The van der Waals surface area contributed by atoms with Gasteiger partial charge in [0.25, 0.3) is 0 Å². The molecular weight excluding hydrogens is 264 g/mol. The Morgan fingerprint density at radius 3 is 3.20 bits per heavy atom. The predicted octanol–water partition coefficient (Wildman–Crippen LogP) is -0.333. The van der Waals surface area contributed by atoms with Crippen LogP contribution in [0.2, 0.25) is 0 Å².